The van der Waals surface area contributed by atoms with E-state index in [1.807, 2.05) is 32.0 Å². The summed E-state index contributed by atoms with van der Waals surface area (Å²) in [5.74, 6) is -1.46. The number of anilines is 1. The highest BCUT2D eigenvalue weighted by molar-refractivity contribution is 5.92. The van der Waals surface area contributed by atoms with E-state index in [-0.39, 0.29) is 12.5 Å². The van der Waals surface area contributed by atoms with Crippen LogP contribution >= 0.6 is 0 Å². The van der Waals surface area contributed by atoms with E-state index in [0.29, 0.717) is 5.56 Å². The van der Waals surface area contributed by atoms with Crippen LogP contribution in [0.4, 0.5) is 14.5 Å². The molecule has 1 atom stereocenters. The van der Waals surface area contributed by atoms with E-state index in [1.54, 1.807) is 6.92 Å². The van der Waals surface area contributed by atoms with E-state index in [2.05, 4.69) is 10.6 Å². The molecule has 0 bridgehead atoms. The molecule has 0 heterocycles. The summed E-state index contributed by atoms with van der Waals surface area (Å²) in [6.07, 6.45) is 0. The first-order valence-corrected chi connectivity index (χ1v) is 7.42. The van der Waals surface area contributed by atoms with E-state index in [1.165, 1.54) is 12.1 Å². The van der Waals surface area contributed by atoms with Crippen LogP contribution in [0.3, 0.4) is 0 Å². The number of aryl methyl sites for hydroxylation is 2. The zero-order valence-corrected chi connectivity index (χ0v) is 13.4. The molecule has 2 N–H and O–H groups in total. The van der Waals surface area contributed by atoms with Crippen molar-refractivity contribution in [3.8, 4) is 0 Å². The largest absolute Gasteiger partial charge is 0.325 e. The van der Waals surface area contributed by atoms with Crippen LogP contribution in [0, 0.1) is 25.5 Å². The van der Waals surface area contributed by atoms with Crippen molar-refractivity contribution < 1.29 is 13.6 Å². The van der Waals surface area contributed by atoms with Gasteiger partial charge in [0.15, 0.2) is 0 Å². The Morgan fingerprint density at radius 2 is 1.83 bits per heavy atom. The molecule has 0 aromatic heterocycles. The van der Waals surface area contributed by atoms with Crippen molar-refractivity contribution in [1.29, 1.82) is 0 Å². The number of amides is 1. The standard InChI is InChI=1S/C18H20F2N2O/c1-11-4-6-15(8-12(11)2)22-18(23)10-21-13(3)16-7-5-14(19)9-17(16)20/h4-9,13,21H,10H2,1-3H3,(H,22,23)/t13-/m1/s1. The van der Waals surface area contributed by atoms with Crippen LogP contribution in [0.5, 0.6) is 0 Å². The van der Waals surface area contributed by atoms with Gasteiger partial charge in [0.25, 0.3) is 0 Å². The second-order valence-corrected chi connectivity index (χ2v) is 5.62. The number of hydrogen-bond acceptors (Lipinski definition) is 2. The molecule has 5 heteroatoms. The van der Waals surface area contributed by atoms with E-state index < -0.39 is 17.7 Å². The molecule has 0 aliphatic heterocycles. The average molecular weight is 318 g/mol. The second-order valence-electron chi connectivity index (χ2n) is 5.62. The fourth-order valence-corrected chi connectivity index (χ4v) is 2.23. The quantitative estimate of drug-likeness (QED) is 0.878. The molecule has 0 radical (unpaired) electrons. The van der Waals surface area contributed by atoms with Gasteiger partial charge in [-0.15, -0.1) is 0 Å². The molecule has 0 saturated carbocycles. The Kier molecular flexibility index (Phi) is 5.45. The third kappa shape index (κ3) is 4.60. The number of halogens is 2. The van der Waals surface area contributed by atoms with E-state index >= 15 is 0 Å². The molecule has 0 spiro atoms. The highest BCUT2D eigenvalue weighted by Gasteiger charge is 2.13. The smallest absolute Gasteiger partial charge is 0.238 e. The minimum atomic E-state index is -0.625. The van der Waals surface area contributed by atoms with Crippen molar-refractivity contribution >= 4 is 11.6 Å². The summed E-state index contributed by atoms with van der Waals surface area (Å²) in [5, 5.41) is 5.72. The number of carbonyl (C=O) groups excluding carboxylic acids is 1. The summed E-state index contributed by atoms with van der Waals surface area (Å²) in [6, 6.07) is 8.69. The molecule has 3 nitrogen and oxygen atoms in total. The number of nitrogens with one attached hydrogen (secondary N) is 2. The molecule has 0 saturated heterocycles. The number of rotatable bonds is 5. The first kappa shape index (κ1) is 17.1. The molecule has 0 aliphatic rings. The molecular weight excluding hydrogens is 298 g/mol. The van der Waals surface area contributed by atoms with Crippen molar-refractivity contribution in [2.75, 3.05) is 11.9 Å². The third-order valence-electron chi connectivity index (χ3n) is 3.79. The molecular formula is C18H20F2N2O. The van der Waals surface area contributed by atoms with Gasteiger partial charge in [-0.1, -0.05) is 12.1 Å². The van der Waals surface area contributed by atoms with Gasteiger partial charge in [-0.25, -0.2) is 8.78 Å². The lowest BCUT2D eigenvalue weighted by molar-refractivity contribution is -0.115. The first-order chi connectivity index (χ1) is 10.9. The van der Waals surface area contributed by atoms with Gasteiger partial charge in [-0.3, -0.25) is 4.79 Å². The Hall–Kier alpha value is -2.27. The van der Waals surface area contributed by atoms with Crippen molar-refractivity contribution in [1.82, 2.24) is 5.32 Å². The Morgan fingerprint density at radius 3 is 2.48 bits per heavy atom. The van der Waals surface area contributed by atoms with Crippen molar-refractivity contribution in [3.05, 3.63) is 64.7 Å². The summed E-state index contributed by atoms with van der Waals surface area (Å²) in [4.78, 5) is 12.0. The number of carbonyl (C=O) groups is 1. The van der Waals surface area contributed by atoms with Gasteiger partial charge in [-0.05, 0) is 50.1 Å². The normalized spacial score (nSPS) is 12.0. The fraction of sp³-hybridized carbons (Fsp3) is 0.278. The predicted octanol–water partition coefficient (Wildman–Crippen LogP) is 3.87. The fourth-order valence-electron chi connectivity index (χ4n) is 2.23. The Labute approximate surface area is 134 Å². The van der Waals surface area contributed by atoms with E-state index in [9.17, 15) is 13.6 Å². The van der Waals surface area contributed by atoms with Crippen molar-refractivity contribution in [2.45, 2.75) is 26.8 Å². The summed E-state index contributed by atoms with van der Waals surface area (Å²) < 4.78 is 26.6. The van der Waals surface area contributed by atoms with Gasteiger partial charge < -0.3 is 10.6 Å². The summed E-state index contributed by atoms with van der Waals surface area (Å²) in [5.41, 5.74) is 3.30. The van der Waals surface area contributed by atoms with Crippen LogP contribution in [-0.2, 0) is 4.79 Å². The molecule has 2 aromatic carbocycles. The number of hydrogen-bond donors (Lipinski definition) is 2. The van der Waals surface area contributed by atoms with Gasteiger partial charge in [0.2, 0.25) is 5.91 Å². The molecule has 2 aromatic rings. The molecule has 122 valence electrons. The monoisotopic (exact) mass is 318 g/mol. The molecule has 2 rings (SSSR count). The lowest BCUT2D eigenvalue weighted by Crippen LogP contribution is -2.30. The van der Waals surface area contributed by atoms with Crippen LogP contribution in [0.25, 0.3) is 0 Å². The number of benzene rings is 2. The highest BCUT2D eigenvalue weighted by Crippen LogP contribution is 2.18. The van der Waals surface area contributed by atoms with E-state index in [4.69, 9.17) is 0 Å². The van der Waals surface area contributed by atoms with Gasteiger partial charge >= 0.3 is 0 Å². The van der Waals surface area contributed by atoms with Gasteiger partial charge in [-0.2, -0.15) is 0 Å². The molecule has 0 aliphatic carbocycles. The van der Waals surface area contributed by atoms with Gasteiger partial charge in [0, 0.05) is 23.4 Å². The van der Waals surface area contributed by atoms with Crippen LogP contribution in [-0.4, -0.2) is 12.5 Å². The highest BCUT2D eigenvalue weighted by atomic mass is 19.1. The first-order valence-electron chi connectivity index (χ1n) is 7.42. The summed E-state index contributed by atoms with van der Waals surface area (Å²) in [6.45, 7) is 5.73. The van der Waals surface area contributed by atoms with Crippen LogP contribution in [0.2, 0.25) is 0 Å². The lowest BCUT2D eigenvalue weighted by Gasteiger charge is -2.15. The molecule has 23 heavy (non-hydrogen) atoms. The van der Waals surface area contributed by atoms with E-state index in [0.717, 1.165) is 22.9 Å². The lowest BCUT2D eigenvalue weighted by atomic mass is 10.1. The SMILES string of the molecule is Cc1ccc(NC(=O)CN[C@H](C)c2ccc(F)cc2F)cc1C. The average Bonchev–Trinajstić information content (AvgIpc) is 2.48. The third-order valence-corrected chi connectivity index (χ3v) is 3.79. The van der Waals surface area contributed by atoms with Gasteiger partial charge in [0.05, 0.1) is 6.54 Å². The zero-order valence-electron chi connectivity index (χ0n) is 13.4. The maximum absolute atomic E-state index is 13.7. The predicted molar refractivity (Wildman–Crippen MR) is 87.3 cm³/mol. The zero-order chi connectivity index (χ0) is 17.0. The summed E-state index contributed by atoms with van der Waals surface area (Å²) >= 11 is 0. The summed E-state index contributed by atoms with van der Waals surface area (Å²) in [7, 11) is 0. The van der Waals surface area contributed by atoms with Crippen LogP contribution in [0.1, 0.15) is 29.7 Å². The van der Waals surface area contributed by atoms with Crippen LogP contribution in [0.15, 0.2) is 36.4 Å². The molecule has 0 unspecified atom stereocenters. The maximum atomic E-state index is 13.7. The van der Waals surface area contributed by atoms with Gasteiger partial charge in [0.1, 0.15) is 11.6 Å². The topological polar surface area (TPSA) is 41.1 Å². The minimum absolute atomic E-state index is 0.0326. The van der Waals surface area contributed by atoms with Crippen LogP contribution < -0.4 is 10.6 Å². The Morgan fingerprint density at radius 1 is 1.09 bits per heavy atom. The second kappa shape index (κ2) is 7.33. The molecule has 1 amide bonds. The van der Waals surface area contributed by atoms with Crippen molar-refractivity contribution in [3.63, 3.8) is 0 Å². The maximum Gasteiger partial charge on any atom is 0.238 e. The Bertz CT molecular complexity index is 716. The van der Waals surface area contributed by atoms with Crippen molar-refractivity contribution in [2.24, 2.45) is 0 Å². The minimum Gasteiger partial charge on any atom is -0.325 e. The molecule has 0 fully saturated rings. The Balaban J connectivity index is 1.91.